The number of hydrogen-bond donors (Lipinski definition) is 2. The van der Waals surface area contributed by atoms with Crippen LogP contribution >= 0.6 is 0 Å². The first-order valence-electron chi connectivity index (χ1n) is 9.82. The van der Waals surface area contributed by atoms with Crippen LogP contribution in [0.3, 0.4) is 0 Å². The number of benzene rings is 1. The smallest absolute Gasteiger partial charge is 0.128 e. The van der Waals surface area contributed by atoms with Crippen molar-refractivity contribution >= 4 is 6.21 Å². The Bertz CT molecular complexity index is 636. The Hall–Kier alpha value is -1.35. The molecule has 0 aliphatic carbocycles. The second-order valence-electron chi connectivity index (χ2n) is 9.78. The molecule has 0 heterocycles. The molecular weight excluding hydrogens is 322 g/mol. The van der Waals surface area contributed by atoms with Gasteiger partial charge in [-0.15, -0.1) is 0 Å². The van der Waals surface area contributed by atoms with Crippen LogP contribution in [-0.2, 0) is 10.8 Å². The van der Waals surface area contributed by atoms with Crippen LogP contribution in [0.5, 0.6) is 5.75 Å². The van der Waals surface area contributed by atoms with Crippen molar-refractivity contribution < 1.29 is 10.2 Å². The normalized spacial score (nSPS) is 14.8. The molecule has 2 N–H and O–H groups in total. The molecule has 1 aromatic carbocycles. The third kappa shape index (κ3) is 5.09. The van der Waals surface area contributed by atoms with E-state index in [0.29, 0.717) is 5.75 Å². The molecule has 3 nitrogen and oxygen atoms in total. The molecule has 0 aliphatic heterocycles. The molecule has 0 amide bonds. The summed E-state index contributed by atoms with van der Waals surface area (Å²) >= 11 is 0. The Labute approximate surface area is 160 Å². The lowest BCUT2D eigenvalue weighted by Crippen LogP contribution is -2.28. The van der Waals surface area contributed by atoms with Gasteiger partial charge in [0, 0.05) is 17.3 Å². The molecule has 0 aliphatic rings. The van der Waals surface area contributed by atoms with E-state index < -0.39 is 0 Å². The summed E-state index contributed by atoms with van der Waals surface area (Å²) in [5.41, 5.74) is 2.70. The van der Waals surface area contributed by atoms with Gasteiger partial charge in [-0.2, -0.15) is 0 Å². The largest absolute Gasteiger partial charge is 0.507 e. The van der Waals surface area contributed by atoms with E-state index in [0.717, 1.165) is 24.0 Å². The number of hydrogen-bond acceptors (Lipinski definition) is 3. The number of phenols is 1. The summed E-state index contributed by atoms with van der Waals surface area (Å²) in [4.78, 5) is 4.61. The van der Waals surface area contributed by atoms with Gasteiger partial charge in [-0.25, -0.2) is 0 Å². The molecule has 0 saturated carbocycles. The van der Waals surface area contributed by atoms with Crippen LogP contribution in [0.1, 0.15) is 91.8 Å². The number of nitrogens with zero attached hydrogens (tertiary/aromatic N) is 1. The third-order valence-electron chi connectivity index (χ3n) is 5.98. The first-order chi connectivity index (χ1) is 11.8. The predicted molar refractivity (Wildman–Crippen MR) is 113 cm³/mol. The maximum Gasteiger partial charge on any atom is 0.128 e. The fraction of sp³-hybridized carbons (Fsp3) is 0.696. The van der Waals surface area contributed by atoms with Gasteiger partial charge >= 0.3 is 0 Å². The van der Waals surface area contributed by atoms with Crippen molar-refractivity contribution in [3.05, 3.63) is 28.8 Å². The number of aromatic hydroxyl groups is 1. The average molecular weight is 362 g/mol. The van der Waals surface area contributed by atoms with E-state index >= 15 is 0 Å². The monoisotopic (exact) mass is 361 g/mol. The van der Waals surface area contributed by atoms with Gasteiger partial charge < -0.3 is 10.2 Å². The second-order valence-corrected chi connectivity index (χ2v) is 9.78. The first-order valence-corrected chi connectivity index (χ1v) is 9.82. The zero-order chi connectivity index (χ0) is 20.3. The maximum absolute atomic E-state index is 11.0. The molecule has 0 saturated heterocycles. The Kier molecular flexibility index (Phi) is 7.09. The summed E-state index contributed by atoms with van der Waals surface area (Å²) in [6.07, 6.45) is 3.70. The van der Waals surface area contributed by atoms with Crippen molar-refractivity contribution in [1.82, 2.24) is 0 Å². The van der Waals surface area contributed by atoms with Gasteiger partial charge in [0.2, 0.25) is 0 Å². The molecule has 26 heavy (non-hydrogen) atoms. The van der Waals surface area contributed by atoms with E-state index in [1.807, 2.05) is 0 Å². The minimum absolute atomic E-state index is 0.00574. The SMILES string of the molecule is CCC(C)(C)c1cc(C=N[C@H](CO)C(C)(C)C)c(O)c(C(C)(C)CC)c1. The molecule has 148 valence electrons. The van der Waals surface area contributed by atoms with Crippen LogP contribution in [0, 0.1) is 5.41 Å². The molecule has 0 radical (unpaired) electrons. The molecule has 3 heteroatoms. The molecule has 0 fully saturated rings. The minimum atomic E-state index is -0.202. The highest BCUT2D eigenvalue weighted by atomic mass is 16.3. The lowest BCUT2D eigenvalue weighted by Gasteiger charge is -2.30. The Morgan fingerprint density at radius 3 is 1.92 bits per heavy atom. The van der Waals surface area contributed by atoms with Crippen LogP contribution in [-0.4, -0.2) is 29.1 Å². The topological polar surface area (TPSA) is 52.8 Å². The Morgan fingerprint density at radius 1 is 0.962 bits per heavy atom. The van der Waals surface area contributed by atoms with E-state index in [1.54, 1.807) is 6.21 Å². The summed E-state index contributed by atoms with van der Waals surface area (Å²) in [5.74, 6) is 0.307. The van der Waals surface area contributed by atoms with Gasteiger partial charge in [0.15, 0.2) is 0 Å². The van der Waals surface area contributed by atoms with E-state index in [2.05, 4.69) is 79.4 Å². The lowest BCUT2D eigenvalue weighted by molar-refractivity contribution is 0.191. The van der Waals surface area contributed by atoms with Crippen molar-refractivity contribution in [3.63, 3.8) is 0 Å². The fourth-order valence-corrected chi connectivity index (χ4v) is 2.77. The zero-order valence-corrected chi connectivity index (χ0v) is 18.3. The summed E-state index contributed by atoms with van der Waals surface area (Å²) in [5, 5.41) is 20.6. The number of aliphatic hydroxyl groups is 1. The molecule has 1 rings (SSSR count). The second kappa shape index (κ2) is 8.12. The summed E-state index contributed by atoms with van der Waals surface area (Å²) in [6.45, 7) is 19.3. The summed E-state index contributed by atoms with van der Waals surface area (Å²) in [6, 6.07) is 4.01. The summed E-state index contributed by atoms with van der Waals surface area (Å²) in [7, 11) is 0. The fourth-order valence-electron chi connectivity index (χ4n) is 2.77. The molecule has 0 aromatic heterocycles. The standard InChI is InChI=1S/C23H39NO2/c1-10-22(6,7)17-12-16(14-24-19(15-25)21(3,4)5)20(26)18(13-17)23(8,9)11-2/h12-14,19,25-26H,10-11,15H2,1-9H3/t19-/m1/s1. The molecular formula is C23H39NO2. The van der Waals surface area contributed by atoms with Gasteiger partial charge in [-0.3, -0.25) is 4.99 Å². The van der Waals surface area contributed by atoms with E-state index in [4.69, 9.17) is 0 Å². The highest BCUT2D eigenvalue weighted by Crippen LogP contribution is 2.39. The average Bonchev–Trinajstić information content (AvgIpc) is 2.55. The van der Waals surface area contributed by atoms with E-state index in [9.17, 15) is 10.2 Å². The maximum atomic E-state index is 11.0. The summed E-state index contributed by atoms with van der Waals surface area (Å²) < 4.78 is 0. The predicted octanol–water partition coefficient (Wildman–Crippen LogP) is 5.59. The number of phenolic OH excluding ortho intramolecular Hbond substituents is 1. The highest BCUT2D eigenvalue weighted by Gasteiger charge is 2.28. The zero-order valence-electron chi connectivity index (χ0n) is 18.3. The van der Waals surface area contributed by atoms with Crippen LogP contribution in [0.25, 0.3) is 0 Å². The molecule has 0 unspecified atom stereocenters. The van der Waals surface area contributed by atoms with Gasteiger partial charge in [0.05, 0.1) is 12.6 Å². The molecule has 1 aromatic rings. The van der Waals surface area contributed by atoms with Crippen molar-refractivity contribution in [2.24, 2.45) is 10.4 Å². The molecule has 0 spiro atoms. The van der Waals surface area contributed by atoms with Crippen LogP contribution in [0.15, 0.2) is 17.1 Å². The van der Waals surface area contributed by atoms with Gasteiger partial charge in [-0.1, -0.05) is 68.4 Å². The lowest BCUT2D eigenvalue weighted by atomic mass is 9.75. The van der Waals surface area contributed by atoms with Gasteiger partial charge in [0.1, 0.15) is 5.75 Å². The molecule has 1 atom stereocenters. The third-order valence-corrected chi connectivity index (χ3v) is 5.98. The Balaban J connectivity index is 3.56. The van der Waals surface area contributed by atoms with Crippen LogP contribution < -0.4 is 0 Å². The first kappa shape index (κ1) is 22.7. The highest BCUT2D eigenvalue weighted by molar-refractivity contribution is 5.85. The minimum Gasteiger partial charge on any atom is -0.507 e. The van der Waals surface area contributed by atoms with E-state index in [-0.39, 0.29) is 28.9 Å². The molecule has 0 bridgehead atoms. The quantitative estimate of drug-likeness (QED) is 0.622. The van der Waals surface area contributed by atoms with Crippen molar-refractivity contribution in [2.75, 3.05) is 6.61 Å². The van der Waals surface area contributed by atoms with Gasteiger partial charge in [0.25, 0.3) is 0 Å². The van der Waals surface area contributed by atoms with Crippen LogP contribution in [0.2, 0.25) is 0 Å². The van der Waals surface area contributed by atoms with Crippen molar-refractivity contribution in [3.8, 4) is 5.75 Å². The number of aliphatic imine (C=N–C) groups is 1. The Morgan fingerprint density at radius 2 is 1.50 bits per heavy atom. The number of aliphatic hydroxyl groups excluding tert-OH is 1. The number of rotatable bonds is 7. The van der Waals surface area contributed by atoms with Crippen molar-refractivity contribution in [1.29, 1.82) is 0 Å². The van der Waals surface area contributed by atoms with Crippen LogP contribution in [0.4, 0.5) is 0 Å². The van der Waals surface area contributed by atoms with Gasteiger partial charge in [-0.05, 0) is 40.7 Å². The van der Waals surface area contributed by atoms with Crippen molar-refractivity contribution in [2.45, 2.75) is 92.0 Å². The van der Waals surface area contributed by atoms with E-state index in [1.165, 1.54) is 5.56 Å².